The van der Waals surface area contributed by atoms with E-state index in [1.54, 1.807) is 0 Å². The van der Waals surface area contributed by atoms with E-state index in [0.29, 0.717) is 0 Å². The lowest BCUT2D eigenvalue weighted by atomic mass is 10.1. The number of carbonyl (C=O) groups is 2. The van der Waals surface area contributed by atoms with Gasteiger partial charge >= 0.3 is 6.03 Å². The Bertz CT molecular complexity index is 690. The van der Waals surface area contributed by atoms with E-state index < -0.39 is 11.9 Å². The van der Waals surface area contributed by atoms with E-state index in [4.69, 9.17) is 11.5 Å². The maximum Gasteiger partial charge on any atom is 0.316 e. The van der Waals surface area contributed by atoms with Gasteiger partial charge < -0.3 is 16.8 Å². The molecule has 1 aromatic heterocycles. The molecule has 2 aromatic rings. The third kappa shape index (κ3) is 2.61. The van der Waals surface area contributed by atoms with Crippen molar-refractivity contribution in [2.24, 2.45) is 11.5 Å². The molecule has 0 fully saturated rings. The summed E-state index contributed by atoms with van der Waals surface area (Å²) in [6, 6.07) is 5.00. The summed E-state index contributed by atoms with van der Waals surface area (Å²) >= 11 is 0. The van der Waals surface area contributed by atoms with Gasteiger partial charge in [-0.05, 0) is 25.5 Å². The Kier molecular flexibility index (Phi) is 3.43. The van der Waals surface area contributed by atoms with E-state index in [1.807, 2.05) is 32.0 Å². The van der Waals surface area contributed by atoms with Crippen LogP contribution in [0.25, 0.3) is 5.69 Å². The highest BCUT2D eigenvalue weighted by Crippen LogP contribution is 2.20. The van der Waals surface area contributed by atoms with Crippen molar-refractivity contribution in [1.82, 2.24) is 9.78 Å². The zero-order chi connectivity index (χ0) is 14.9. The summed E-state index contributed by atoms with van der Waals surface area (Å²) in [5.74, 6) is -0.739. The summed E-state index contributed by atoms with van der Waals surface area (Å²) in [4.78, 5) is 22.3. The minimum atomic E-state index is -0.785. The average molecular weight is 273 g/mol. The molecule has 20 heavy (non-hydrogen) atoms. The number of nitrogens with zero attached hydrogens (tertiary/aromatic N) is 2. The zero-order valence-corrected chi connectivity index (χ0v) is 11.2. The number of aryl methyl sites for hydroxylation is 2. The highest BCUT2D eigenvalue weighted by Gasteiger charge is 2.16. The summed E-state index contributed by atoms with van der Waals surface area (Å²) in [6.45, 7) is 3.91. The van der Waals surface area contributed by atoms with Crippen molar-refractivity contribution in [2.75, 3.05) is 5.32 Å². The van der Waals surface area contributed by atoms with Crippen LogP contribution in [0.4, 0.5) is 10.5 Å². The van der Waals surface area contributed by atoms with Gasteiger partial charge in [-0.25, -0.2) is 9.48 Å². The molecular weight excluding hydrogens is 258 g/mol. The molecule has 5 N–H and O–H groups in total. The summed E-state index contributed by atoms with van der Waals surface area (Å²) in [7, 11) is 0. The Labute approximate surface area is 115 Å². The number of carbonyl (C=O) groups excluding carboxylic acids is 2. The number of nitrogens with one attached hydrogen (secondary N) is 1. The van der Waals surface area contributed by atoms with Crippen LogP contribution in [0, 0.1) is 13.8 Å². The zero-order valence-electron chi connectivity index (χ0n) is 11.2. The molecule has 0 spiro atoms. The fraction of sp³-hybridized carbons (Fsp3) is 0.154. The van der Waals surface area contributed by atoms with Crippen molar-refractivity contribution < 1.29 is 9.59 Å². The molecule has 1 heterocycles. The first kappa shape index (κ1) is 13.6. The van der Waals surface area contributed by atoms with E-state index in [2.05, 4.69) is 10.4 Å². The third-order valence-corrected chi connectivity index (χ3v) is 2.80. The fourth-order valence-electron chi connectivity index (χ4n) is 1.97. The number of nitrogens with two attached hydrogens (primary N) is 2. The second kappa shape index (κ2) is 5.04. The topological polar surface area (TPSA) is 116 Å². The van der Waals surface area contributed by atoms with E-state index >= 15 is 0 Å². The molecule has 0 aliphatic heterocycles. The van der Waals surface area contributed by atoms with Crippen molar-refractivity contribution >= 4 is 17.6 Å². The highest BCUT2D eigenvalue weighted by molar-refractivity contribution is 6.00. The lowest BCUT2D eigenvalue weighted by Gasteiger charge is -2.06. The molecule has 0 saturated heterocycles. The molecule has 2 rings (SSSR count). The second-order valence-electron chi connectivity index (χ2n) is 4.48. The van der Waals surface area contributed by atoms with E-state index in [9.17, 15) is 9.59 Å². The molecule has 0 unspecified atom stereocenters. The molecule has 104 valence electrons. The van der Waals surface area contributed by atoms with Gasteiger partial charge in [-0.1, -0.05) is 17.7 Å². The number of benzene rings is 1. The molecule has 0 saturated carbocycles. The van der Waals surface area contributed by atoms with Crippen molar-refractivity contribution in [3.63, 3.8) is 0 Å². The van der Waals surface area contributed by atoms with Gasteiger partial charge in [-0.15, -0.1) is 0 Å². The van der Waals surface area contributed by atoms with Crippen LogP contribution in [-0.2, 0) is 0 Å². The van der Waals surface area contributed by atoms with Crippen molar-refractivity contribution in [3.8, 4) is 5.69 Å². The maximum atomic E-state index is 11.3. The molecule has 0 aliphatic rings. The van der Waals surface area contributed by atoms with Crippen molar-refractivity contribution in [3.05, 3.63) is 41.2 Å². The maximum absolute atomic E-state index is 11.3. The number of hydrogen-bond acceptors (Lipinski definition) is 3. The minimum absolute atomic E-state index is 0.0382. The lowest BCUT2D eigenvalue weighted by Crippen LogP contribution is -2.22. The SMILES string of the molecule is Cc1ccc(-n2cc(NC(N)=O)c(C(N)=O)n2)c(C)c1. The number of rotatable bonds is 3. The highest BCUT2D eigenvalue weighted by atomic mass is 16.2. The normalized spacial score (nSPS) is 10.3. The molecule has 0 bridgehead atoms. The van der Waals surface area contributed by atoms with Gasteiger partial charge in [-0.2, -0.15) is 5.10 Å². The van der Waals surface area contributed by atoms with Crippen LogP contribution in [-0.4, -0.2) is 21.7 Å². The van der Waals surface area contributed by atoms with Gasteiger partial charge in [0.1, 0.15) is 0 Å². The second-order valence-corrected chi connectivity index (χ2v) is 4.48. The van der Waals surface area contributed by atoms with Crippen LogP contribution in [0.1, 0.15) is 21.6 Å². The number of primary amides is 2. The summed E-state index contributed by atoms with van der Waals surface area (Å²) in [5, 5.41) is 6.43. The predicted molar refractivity (Wildman–Crippen MR) is 74.8 cm³/mol. The quantitative estimate of drug-likeness (QED) is 0.776. The minimum Gasteiger partial charge on any atom is -0.364 e. The van der Waals surface area contributed by atoms with Crippen molar-refractivity contribution in [1.29, 1.82) is 0 Å². The summed E-state index contributed by atoms with van der Waals surface area (Å²) < 4.78 is 1.49. The number of aromatic nitrogens is 2. The monoisotopic (exact) mass is 273 g/mol. The third-order valence-electron chi connectivity index (χ3n) is 2.80. The molecule has 7 nitrogen and oxygen atoms in total. The Morgan fingerprint density at radius 1 is 1.25 bits per heavy atom. The van der Waals surface area contributed by atoms with Gasteiger partial charge in [-0.3, -0.25) is 4.79 Å². The Balaban J connectivity index is 2.52. The molecule has 0 atom stereocenters. The van der Waals surface area contributed by atoms with E-state index in [1.165, 1.54) is 10.9 Å². The summed E-state index contributed by atoms with van der Waals surface area (Å²) in [6.07, 6.45) is 1.50. The molecule has 0 radical (unpaired) electrons. The van der Waals surface area contributed by atoms with Crippen molar-refractivity contribution in [2.45, 2.75) is 13.8 Å². The first-order chi connectivity index (χ1) is 9.38. The largest absolute Gasteiger partial charge is 0.364 e. The summed E-state index contributed by atoms with van der Waals surface area (Å²) in [5.41, 5.74) is 13.3. The first-order valence-corrected chi connectivity index (χ1v) is 5.92. The Morgan fingerprint density at radius 2 is 1.95 bits per heavy atom. The molecule has 1 aromatic carbocycles. The number of hydrogen-bond donors (Lipinski definition) is 3. The van der Waals surface area contributed by atoms with Crippen LogP contribution in [0.5, 0.6) is 0 Å². The molecule has 3 amide bonds. The smallest absolute Gasteiger partial charge is 0.316 e. The van der Waals surface area contributed by atoms with Crippen LogP contribution < -0.4 is 16.8 Å². The van der Waals surface area contributed by atoms with Crippen LogP contribution in [0.15, 0.2) is 24.4 Å². The molecule has 7 heteroatoms. The molecular formula is C13H15N5O2. The molecule has 0 aliphatic carbocycles. The first-order valence-electron chi connectivity index (χ1n) is 5.92. The lowest BCUT2D eigenvalue weighted by molar-refractivity contribution is 0.0996. The van der Waals surface area contributed by atoms with Crippen LogP contribution >= 0.6 is 0 Å². The van der Waals surface area contributed by atoms with Gasteiger partial charge in [0.25, 0.3) is 5.91 Å². The number of amides is 3. The van der Waals surface area contributed by atoms with Gasteiger partial charge in [0, 0.05) is 0 Å². The van der Waals surface area contributed by atoms with E-state index in [0.717, 1.165) is 16.8 Å². The van der Waals surface area contributed by atoms with Gasteiger partial charge in [0.15, 0.2) is 5.69 Å². The van der Waals surface area contributed by atoms with Crippen LogP contribution in [0.2, 0.25) is 0 Å². The Hall–Kier alpha value is -2.83. The fourth-order valence-corrected chi connectivity index (χ4v) is 1.97. The van der Waals surface area contributed by atoms with Gasteiger partial charge in [0.2, 0.25) is 0 Å². The number of anilines is 1. The van der Waals surface area contributed by atoms with Gasteiger partial charge in [0.05, 0.1) is 17.6 Å². The average Bonchev–Trinajstić information content (AvgIpc) is 2.71. The number of urea groups is 1. The van der Waals surface area contributed by atoms with Crippen LogP contribution in [0.3, 0.4) is 0 Å². The van der Waals surface area contributed by atoms with E-state index in [-0.39, 0.29) is 11.4 Å². The Morgan fingerprint density at radius 3 is 2.50 bits per heavy atom. The standard InChI is InChI=1S/C13H15N5O2/c1-7-3-4-10(8(2)5-7)18-6-9(16-13(15)20)11(17-18)12(14)19/h3-6H,1-2H3,(H2,14,19)(H3,15,16,20). The predicted octanol–water partition coefficient (Wildman–Crippen LogP) is 1.08.